The van der Waals surface area contributed by atoms with Crippen molar-refractivity contribution in [1.82, 2.24) is 4.98 Å². The van der Waals surface area contributed by atoms with E-state index < -0.39 is 21.7 Å². The van der Waals surface area contributed by atoms with Gasteiger partial charge in [-0.2, -0.15) is 0 Å². The van der Waals surface area contributed by atoms with Crippen LogP contribution in [0.15, 0.2) is 28.6 Å². The maximum absolute atomic E-state index is 13.4. The molecule has 0 spiro atoms. The maximum atomic E-state index is 13.4. The third-order valence-electron chi connectivity index (χ3n) is 2.45. The molecule has 0 aliphatic carbocycles. The van der Waals surface area contributed by atoms with Crippen molar-refractivity contribution < 1.29 is 17.2 Å². The van der Waals surface area contributed by atoms with E-state index in [0.29, 0.717) is 23.7 Å². The summed E-state index contributed by atoms with van der Waals surface area (Å²) in [5.74, 6) is -1.24. The molecule has 0 saturated heterocycles. The molecule has 2 rings (SSSR count). The predicted molar refractivity (Wildman–Crippen MR) is 72.0 cm³/mol. The molecular formula is C11H11F2N3O2S2. The molecule has 0 bridgehead atoms. The molecule has 0 saturated carbocycles. The summed E-state index contributed by atoms with van der Waals surface area (Å²) < 4.78 is 48.1. The van der Waals surface area contributed by atoms with Crippen molar-refractivity contribution in [3.05, 3.63) is 41.6 Å². The summed E-state index contributed by atoms with van der Waals surface area (Å²) in [6, 6.07) is 3.36. The zero-order valence-corrected chi connectivity index (χ0v) is 11.8. The molecule has 9 heteroatoms. The number of nitrogens with zero attached hydrogens (tertiary/aromatic N) is 1. The lowest BCUT2D eigenvalue weighted by atomic mass is 10.1. The molecular weight excluding hydrogens is 308 g/mol. The molecule has 0 aliphatic rings. The highest BCUT2D eigenvalue weighted by molar-refractivity contribution is 7.91. The quantitative estimate of drug-likeness (QED) is 0.879. The molecule has 0 atom stereocenters. The van der Waals surface area contributed by atoms with Gasteiger partial charge in [0.15, 0.2) is 9.34 Å². The van der Waals surface area contributed by atoms with Crippen LogP contribution in [0, 0.1) is 11.6 Å². The largest absolute Gasteiger partial charge is 0.361 e. The number of halogens is 2. The van der Waals surface area contributed by atoms with Crippen molar-refractivity contribution in [2.45, 2.75) is 10.6 Å². The highest BCUT2D eigenvalue weighted by atomic mass is 32.2. The number of aromatic nitrogens is 1. The van der Waals surface area contributed by atoms with E-state index in [9.17, 15) is 17.2 Å². The fourth-order valence-electron chi connectivity index (χ4n) is 1.50. The monoisotopic (exact) mass is 319 g/mol. The smallest absolute Gasteiger partial charge is 0.249 e. The Morgan fingerprint density at radius 1 is 1.35 bits per heavy atom. The molecule has 0 radical (unpaired) electrons. The molecule has 1 aromatic carbocycles. The van der Waals surface area contributed by atoms with Crippen LogP contribution in [0.25, 0.3) is 0 Å². The molecule has 108 valence electrons. The fourth-order valence-corrected chi connectivity index (χ4v) is 2.98. The van der Waals surface area contributed by atoms with Crippen LogP contribution in [0.1, 0.15) is 5.56 Å². The molecule has 20 heavy (non-hydrogen) atoms. The Balaban J connectivity index is 1.95. The first-order chi connectivity index (χ1) is 9.36. The lowest BCUT2D eigenvalue weighted by Gasteiger charge is -2.04. The molecule has 0 unspecified atom stereocenters. The van der Waals surface area contributed by atoms with E-state index in [1.54, 1.807) is 0 Å². The van der Waals surface area contributed by atoms with Crippen molar-refractivity contribution >= 4 is 26.5 Å². The molecule has 1 heterocycles. The third-order valence-corrected chi connectivity index (χ3v) is 4.81. The summed E-state index contributed by atoms with van der Waals surface area (Å²) >= 11 is 0.893. The number of thiazole rings is 1. The van der Waals surface area contributed by atoms with E-state index in [1.807, 2.05) is 0 Å². The first-order valence-corrected chi connectivity index (χ1v) is 7.89. The Kier molecular flexibility index (Phi) is 4.31. The second-order valence-corrected chi connectivity index (χ2v) is 6.76. The van der Waals surface area contributed by atoms with E-state index in [-0.39, 0.29) is 4.21 Å². The zero-order valence-electron chi connectivity index (χ0n) is 10.1. The van der Waals surface area contributed by atoms with Gasteiger partial charge in [-0.3, -0.25) is 0 Å². The summed E-state index contributed by atoms with van der Waals surface area (Å²) in [7, 11) is -3.76. The number of anilines is 1. The molecule has 2 aromatic rings. The number of hydrogen-bond donors (Lipinski definition) is 2. The van der Waals surface area contributed by atoms with Gasteiger partial charge in [0.2, 0.25) is 10.0 Å². The normalized spacial score (nSPS) is 11.6. The lowest BCUT2D eigenvalue weighted by molar-refractivity contribution is 0.572. The van der Waals surface area contributed by atoms with Gasteiger partial charge < -0.3 is 5.32 Å². The molecule has 3 N–H and O–H groups in total. The fraction of sp³-hybridized carbons (Fsp3) is 0.182. The minimum Gasteiger partial charge on any atom is -0.361 e. The van der Waals surface area contributed by atoms with Crippen LogP contribution in [-0.2, 0) is 16.4 Å². The van der Waals surface area contributed by atoms with Gasteiger partial charge in [0.05, 0.1) is 6.20 Å². The van der Waals surface area contributed by atoms with E-state index in [2.05, 4.69) is 10.3 Å². The standard InChI is InChI=1S/C11H11F2N3O2S2/c12-8-2-1-7(9(13)5-8)3-4-15-11-16-6-10(19-11)20(14,17)18/h1-2,5-6H,3-4H2,(H,15,16)(H2,14,17,18). The molecule has 0 fully saturated rings. The molecule has 0 amide bonds. The van der Waals surface area contributed by atoms with E-state index in [4.69, 9.17) is 5.14 Å². The maximum Gasteiger partial charge on any atom is 0.249 e. The van der Waals surface area contributed by atoms with Gasteiger partial charge in [-0.25, -0.2) is 27.3 Å². The Bertz CT molecular complexity index is 716. The van der Waals surface area contributed by atoms with Gasteiger partial charge in [0, 0.05) is 12.6 Å². The van der Waals surface area contributed by atoms with Crippen molar-refractivity contribution in [2.24, 2.45) is 5.14 Å². The van der Waals surface area contributed by atoms with E-state index >= 15 is 0 Å². The number of benzene rings is 1. The summed E-state index contributed by atoms with van der Waals surface area (Å²) in [6.45, 7) is 0.333. The molecule has 0 aliphatic heterocycles. The zero-order chi connectivity index (χ0) is 14.8. The number of rotatable bonds is 5. The van der Waals surface area contributed by atoms with Crippen molar-refractivity contribution in [1.29, 1.82) is 0 Å². The Morgan fingerprint density at radius 3 is 2.70 bits per heavy atom. The number of primary sulfonamides is 1. The highest BCUT2D eigenvalue weighted by Crippen LogP contribution is 2.21. The van der Waals surface area contributed by atoms with Crippen LogP contribution in [0.2, 0.25) is 0 Å². The van der Waals surface area contributed by atoms with Gasteiger partial charge in [-0.15, -0.1) is 0 Å². The second kappa shape index (κ2) is 5.81. The number of nitrogens with one attached hydrogen (secondary N) is 1. The minimum atomic E-state index is -3.76. The van der Waals surface area contributed by atoms with Crippen LogP contribution < -0.4 is 10.5 Å². The summed E-state index contributed by atoms with van der Waals surface area (Å²) in [5.41, 5.74) is 0.363. The summed E-state index contributed by atoms with van der Waals surface area (Å²) in [4.78, 5) is 3.84. The van der Waals surface area contributed by atoms with Crippen LogP contribution in [0.3, 0.4) is 0 Å². The molecule has 5 nitrogen and oxygen atoms in total. The Labute approximate surface area is 118 Å². The second-order valence-electron chi connectivity index (χ2n) is 3.94. The Hall–Kier alpha value is -1.58. The third kappa shape index (κ3) is 3.71. The lowest BCUT2D eigenvalue weighted by Crippen LogP contribution is -2.10. The SMILES string of the molecule is NS(=O)(=O)c1cnc(NCCc2ccc(F)cc2F)s1. The van der Waals surface area contributed by atoms with E-state index in [1.165, 1.54) is 12.1 Å². The Morgan fingerprint density at radius 2 is 2.10 bits per heavy atom. The van der Waals surface area contributed by atoms with Gasteiger partial charge >= 0.3 is 0 Å². The number of hydrogen-bond acceptors (Lipinski definition) is 5. The highest BCUT2D eigenvalue weighted by Gasteiger charge is 2.12. The van der Waals surface area contributed by atoms with Gasteiger partial charge in [0.25, 0.3) is 0 Å². The summed E-state index contributed by atoms with van der Waals surface area (Å²) in [6.07, 6.45) is 1.47. The van der Waals surface area contributed by atoms with Gasteiger partial charge in [-0.05, 0) is 18.1 Å². The number of nitrogens with two attached hydrogens (primary N) is 1. The van der Waals surface area contributed by atoms with Crippen molar-refractivity contribution in [3.63, 3.8) is 0 Å². The van der Waals surface area contributed by atoms with Gasteiger partial charge in [-0.1, -0.05) is 17.4 Å². The topological polar surface area (TPSA) is 85.1 Å². The average Bonchev–Trinajstić information content (AvgIpc) is 2.80. The van der Waals surface area contributed by atoms with Crippen molar-refractivity contribution in [2.75, 3.05) is 11.9 Å². The van der Waals surface area contributed by atoms with Crippen LogP contribution in [0.5, 0.6) is 0 Å². The minimum absolute atomic E-state index is 0.0482. The van der Waals surface area contributed by atoms with Crippen LogP contribution in [0.4, 0.5) is 13.9 Å². The van der Waals surface area contributed by atoms with Crippen LogP contribution >= 0.6 is 11.3 Å². The average molecular weight is 319 g/mol. The summed E-state index contributed by atoms with van der Waals surface area (Å²) in [5, 5.41) is 8.18. The van der Waals surface area contributed by atoms with Gasteiger partial charge in [0.1, 0.15) is 11.6 Å². The number of sulfonamides is 1. The van der Waals surface area contributed by atoms with Crippen LogP contribution in [-0.4, -0.2) is 19.9 Å². The molecule has 1 aromatic heterocycles. The van der Waals surface area contributed by atoms with E-state index in [0.717, 1.165) is 23.6 Å². The first kappa shape index (κ1) is 14.8. The van der Waals surface area contributed by atoms with Crippen molar-refractivity contribution in [3.8, 4) is 0 Å². The first-order valence-electron chi connectivity index (χ1n) is 5.52. The predicted octanol–water partition coefficient (Wildman–Crippen LogP) is 1.72.